The molecule has 0 saturated heterocycles. The van der Waals surface area contributed by atoms with Gasteiger partial charge < -0.3 is 20.4 Å². The molecule has 5 nitrogen and oxygen atoms in total. The summed E-state index contributed by atoms with van der Waals surface area (Å²) in [5, 5.41) is 36.3. The first-order valence-corrected chi connectivity index (χ1v) is 3.62. The van der Waals surface area contributed by atoms with Gasteiger partial charge in [0.1, 0.15) is 23.0 Å². The van der Waals surface area contributed by atoms with Crippen molar-refractivity contribution in [1.29, 1.82) is 0 Å². The van der Waals surface area contributed by atoms with E-state index in [1.807, 2.05) is 0 Å². The van der Waals surface area contributed by atoms with Crippen molar-refractivity contribution < 1.29 is 25.2 Å². The number of rotatable bonds is 1. The lowest BCUT2D eigenvalue weighted by Crippen LogP contribution is -2.41. The van der Waals surface area contributed by atoms with Crippen LogP contribution in [0.5, 0.6) is 0 Å². The molecule has 2 atom stereocenters. The minimum atomic E-state index is -1.77. The van der Waals surface area contributed by atoms with Crippen LogP contribution in [0.2, 0.25) is 0 Å². The number of aliphatic carboxylic acids is 1. The highest BCUT2D eigenvalue weighted by atomic mass is 16.4. The van der Waals surface area contributed by atoms with E-state index in [1.165, 1.54) is 6.92 Å². The maximum atomic E-state index is 10.6. The van der Waals surface area contributed by atoms with Gasteiger partial charge in [0.25, 0.3) is 0 Å². The number of carboxylic acids is 1. The Hall–Kier alpha value is -1.49. The standard InChI is InChI=1S/C8H10O5/c1-8(13)3-4(9)2-5(10)6(8)7(11)12/h2-3,6,9-10,13H,1H3,(H,11,12). The molecule has 0 saturated carbocycles. The van der Waals surface area contributed by atoms with Gasteiger partial charge in [0.15, 0.2) is 0 Å². The summed E-state index contributed by atoms with van der Waals surface area (Å²) in [4.78, 5) is 10.6. The molecule has 0 radical (unpaired) electrons. The molecule has 72 valence electrons. The van der Waals surface area contributed by atoms with Crippen LogP contribution in [0.3, 0.4) is 0 Å². The molecule has 0 aliphatic heterocycles. The summed E-state index contributed by atoms with van der Waals surface area (Å²) in [5.41, 5.74) is -1.77. The molecule has 0 aromatic heterocycles. The maximum absolute atomic E-state index is 10.6. The van der Waals surface area contributed by atoms with Gasteiger partial charge in [0, 0.05) is 6.08 Å². The Morgan fingerprint density at radius 1 is 1.54 bits per heavy atom. The fourth-order valence-corrected chi connectivity index (χ4v) is 1.34. The molecule has 13 heavy (non-hydrogen) atoms. The van der Waals surface area contributed by atoms with Crippen LogP contribution in [0, 0.1) is 5.92 Å². The van der Waals surface area contributed by atoms with Crippen LogP contribution in [0.25, 0.3) is 0 Å². The summed E-state index contributed by atoms with van der Waals surface area (Å²) in [6.07, 6.45) is 1.88. The zero-order valence-corrected chi connectivity index (χ0v) is 6.93. The molecule has 4 N–H and O–H groups in total. The third kappa shape index (κ3) is 1.65. The summed E-state index contributed by atoms with van der Waals surface area (Å²) in [6, 6.07) is 0. The van der Waals surface area contributed by atoms with Gasteiger partial charge in [-0.25, -0.2) is 0 Å². The summed E-state index contributed by atoms with van der Waals surface area (Å²) in [5.74, 6) is -3.68. The van der Waals surface area contributed by atoms with Gasteiger partial charge in [0.05, 0.1) is 0 Å². The number of hydrogen-bond acceptors (Lipinski definition) is 4. The predicted octanol–water partition coefficient (Wildman–Crippen LogP) is 0.336. The second kappa shape index (κ2) is 2.77. The normalized spacial score (nSPS) is 33.5. The van der Waals surface area contributed by atoms with E-state index in [9.17, 15) is 9.90 Å². The Labute approximate surface area is 74.2 Å². The van der Waals surface area contributed by atoms with Crippen molar-refractivity contribution in [1.82, 2.24) is 0 Å². The number of aliphatic hydroxyl groups is 3. The Bertz CT molecular complexity index is 300. The zero-order valence-electron chi connectivity index (χ0n) is 6.93. The molecule has 2 unspecified atom stereocenters. The van der Waals surface area contributed by atoms with E-state index in [0.717, 1.165) is 12.2 Å². The second-order valence-corrected chi connectivity index (χ2v) is 3.14. The lowest BCUT2D eigenvalue weighted by Gasteiger charge is -2.29. The van der Waals surface area contributed by atoms with E-state index in [4.69, 9.17) is 15.3 Å². The van der Waals surface area contributed by atoms with E-state index in [-0.39, 0.29) is 5.76 Å². The number of carboxylic acid groups (broad SMARTS) is 1. The van der Waals surface area contributed by atoms with Crippen LogP contribution < -0.4 is 0 Å². The van der Waals surface area contributed by atoms with E-state index in [2.05, 4.69) is 0 Å². The van der Waals surface area contributed by atoms with Gasteiger partial charge in [0.2, 0.25) is 0 Å². The Balaban J connectivity index is 3.12. The number of aliphatic hydroxyl groups excluding tert-OH is 2. The van der Waals surface area contributed by atoms with Gasteiger partial charge >= 0.3 is 5.97 Å². The quantitative estimate of drug-likeness (QED) is 0.473. The van der Waals surface area contributed by atoms with Crippen LogP contribution in [0.15, 0.2) is 23.7 Å². The molecule has 0 aromatic rings. The monoisotopic (exact) mass is 186 g/mol. The van der Waals surface area contributed by atoms with Crippen molar-refractivity contribution in [3.63, 3.8) is 0 Å². The molecule has 0 heterocycles. The van der Waals surface area contributed by atoms with Crippen molar-refractivity contribution in [2.75, 3.05) is 0 Å². The van der Waals surface area contributed by atoms with Crippen molar-refractivity contribution in [2.45, 2.75) is 12.5 Å². The molecule has 5 heteroatoms. The molecule has 0 spiro atoms. The SMILES string of the molecule is CC1(O)C=C(O)C=C(O)C1C(=O)O. The molecule has 1 aliphatic carbocycles. The van der Waals surface area contributed by atoms with Crippen LogP contribution >= 0.6 is 0 Å². The smallest absolute Gasteiger partial charge is 0.317 e. The Morgan fingerprint density at radius 3 is 2.46 bits per heavy atom. The number of allylic oxidation sites excluding steroid dienone is 1. The van der Waals surface area contributed by atoms with Gasteiger partial charge in [-0.3, -0.25) is 4.79 Å². The minimum Gasteiger partial charge on any atom is -0.511 e. The first kappa shape index (κ1) is 9.60. The summed E-state index contributed by atoms with van der Waals surface area (Å²) < 4.78 is 0. The zero-order chi connectivity index (χ0) is 10.2. The average molecular weight is 186 g/mol. The minimum absolute atomic E-state index is 0.347. The van der Waals surface area contributed by atoms with Crippen molar-refractivity contribution in [3.05, 3.63) is 23.7 Å². The summed E-state index contributed by atoms with van der Waals surface area (Å²) in [7, 11) is 0. The third-order valence-corrected chi connectivity index (χ3v) is 1.86. The highest BCUT2D eigenvalue weighted by Gasteiger charge is 2.41. The molecule has 0 amide bonds. The van der Waals surface area contributed by atoms with Crippen LogP contribution in [-0.4, -0.2) is 32.0 Å². The Morgan fingerprint density at radius 2 is 2.08 bits per heavy atom. The third-order valence-electron chi connectivity index (χ3n) is 1.86. The lowest BCUT2D eigenvalue weighted by atomic mass is 9.83. The fraction of sp³-hybridized carbons (Fsp3) is 0.375. The van der Waals surface area contributed by atoms with E-state index in [0.29, 0.717) is 0 Å². The van der Waals surface area contributed by atoms with E-state index >= 15 is 0 Å². The largest absolute Gasteiger partial charge is 0.511 e. The highest BCUT2D eigenvalue weighted by Crippen LogP contribution is 2.30. The molecule has 0 aromatic carbocycles. The van der Waals surface area contributed by atoms with Crippen LogP contribution in [0.4, 0.5) is 0 Å². The number of hydrogen-bond donors (Lipinski definition) is 4. The molecular weight excluding hydrogens is 176 g/mol. The summed E-state index contributed by atoms with van der Waals surface area (Å²) >= 11 is 0. The average Bonchev–Trinajstić information content (AvgIpc) is 1.78. The van der Waals surface area contributed by atoms with Crippen molar-refractivity contribution in [3.8, 4) is 0 Å². The topological polar surface area (TPSA) is 98.0 Å². The number of carbonyl (C=O) groups is 1. The first-order chi connectivity index (χ1) is 5.84. The molecule has 1 rings (SSSR count). The van der Waals surface area contributed by atoms with E-state index in [1.54, 1.807) is 0 Å². The van der Waals surface area contributed by atoms with Gasteiger partial charge in [-0.15, -0.1) is 0 Å². The first-order valence-electron chi connectivity index (χ1n) is 3.62. The van der Waals surface area contributed by atoms with E-state index < -0.39 is 23.2 Å². The second-order valence-electron chi connectivity index (χ2n) is 3.14. The molecule has 1 aliphatic rings. The molecule has 0 bridgehead atoms. The Kier molecular flexibility index (Phi) is 2.05. The maximum Gasteiger partial charge on any atom is 0.317 e. The van der Waals surface area contributed by atoms with Gasteiger partial charge in [-0.1, -0.05) is 0 Å². The lowest BCUT2D eigenvalue weighted by molar-refractivity contribution is -0.147. The fourth-order valence-electron chi connectivity index (χ4n) is 1.34. The summed E-state index contributed by atoms with van der Waals surface area (Å²) in [6.45, 7) is 1.20. The van der Waals surface area contributed by atoms with Crippen molar-refractivity contribution in [2.24, 2.45) is 5.92 Å². The highest BCUT2D eigenvalue weighted by molar-refractivity contribution is 5.76. The van der Waals surface area contributed by atoms with Crippen LogP contribution in [-0.2, 0) is 4.79 Å². The van der Waals surface area contributed by atoms with Crippen LogP contribution in [0.1, 0.15) is 6.92 Å². The van der Waals surface area contributed by atoms with Gasteiger partial charge in [-0.2, -0.15) is 0 Å². The van der Waals surface area contributed by atoms with Gasteiger partial charge in [-0.05, 0) is 13.0 Å². The molecular formula is C8H10O5. The predicted molar refractivity (Wildman–Crippen MR) is 43.2 cm³/mol. The molecule has 0 fully saturated rings. The van der Waals surface area contributed by atoms with Crippen molar-refractivity contribution >= 4 is 5.97 Å².